The first-order chi connectivity index (χ1) is 5.41. The van der Waals surface area contributed by atoms with Crippen LogP contribution in [0.5, 0.6) is 0 Å². The van der Waals surface area contributed by atoms with Gasteiger partial charge >= 0.3 is 0 Å². The normalized spacial score (nSPS) is 11.8. The maximum atomic E-state index is 12.7. The van der Waals surface area contributed by atoms with E-state index in [-0.39, 0.29) is 0 Å². The Morgan fingerprint density at radius 2 is 1.75 bits per heavy atom. The Labute approximate surface area is 72.2 Å². The lowest BCUT2D eigenvalue weighted by molar-refractivity contribution is 0.509. The second-order valence-corrected chi connectivity index (χ2v) is 8.83. The van der Waals surface area contributed by atoms with E-state index >= 15 is 0 Å². The first-order valence-electron chi connectivity index (χ1n) is 3.78. The third-order valence-corrected chi connectivity index (χ3v) is 3.57. The van der Waals surface area contributed by atoms with Gasteiger partial charge in [-0.2, -0.15) is 0 Å². The molecule has 1 radical (unpaired) electrons. The molecule has 65 valence electrons. The second-order valence-electron chi connectivity index (χ2n) is 3.79. The van der Waals surface area contributed by atoms with Crippen LogP contribution in [-0.4, -0.2) is 8.07 Å². The molecule has 1 rings (SSSR count). The molecule has 0 fully saturated rings. The van der Waals surface area contributed by atoms with Gasteiger partial charge in [0.25, 0.3) is 0 Å². The molecule has 0 aromatic heterocycles. The third kappa shape index (κ3) is 1.91. The predicted octanol–water partition coefficient (Wildman–Crippen LogP) is 2.31. The van der Waals surface area contributed by atoms with E-state index in [1.165, 1.54) is 6.07 Å². The van der Waals surface area contributed by atoms with Crippen LogP contribution < -0.4 is 5.19 Å². The van der Waals surface area contributed by atoms with Crippen molar-refractivity contribution in [3.8, 4) is 0 Å². The molecule has 0 saturated heterocycles. The van der Waals surface area contributed by atoms with E-state index < -0.39 is 19.7 Å². The van der Waals surface area contributed by atoms with E-state index in [0.717, 1.165) is 11.3 Å². The fraction of sp³-hybridized carbons (Fsp3) is 0.333. The summed E-state index contributed by atoms with van der Waals surface area (Å²) in [5.74, 6) is -1.59. The van der Waals surface area contributed by atoms with Crippen molar-refractivity contribution < 1.29 is 8.78 Å². The first-order valence-corrected chi connectivity index (χ1v) is 7.28. The first kappa shape index (κ1) is 9.39. The number of rotatable bonds is 1. The van der Waals surface area contributed by atoms with Gasteiger partial charge < -0.3 is 0 Å². The molecule has 0 aliphatic carbocycles. The molecule has 12 heavy (non-hydrogen) atoms. The van der Waals surface area contributed by atoms with Crippen molar-refractivity contribution in [1.82, 2.24) is 0 Å². The lowest BCUT2D eigenvalue weighted by Crippen LogP contribution is -2.38. The van der Waals surface area contributed by atoms with Crippen molar-refractivity contribution in [2.75, 3.05) is 0 Å². The molecule has 0 heterocycles. The highest BCUT2D eigenvalue weighted by Gasteiger charge is 2.17. The molecule has 0 saturated carbocycles. The van der Waals surface area contributed by atoms with E-state index in [9.17, 15) is 8.78 Å². The Morgan fingerprint density at radius 3 is 2.17 bits per heavy atom. The van der Waals surface area contributed by atoms with Gasteiger partial charge in [-0.1, -0.05) is 19.6 Å². The van der Waals surface area contributed by atoms with Crippen molar-refractivity contribution in [3.05, 3.63) is 29.8 Å². The Kier molecular flexibility index (Phi) is 2.33. The van der Waals surface area contributed by atoms with E-state index in [2.05, 4.69) is 25.7 Å². The Balaban J connectivity index is 3.14. The third-order valence-electron chi connectivity index (χ3n) is 1.66. The van der Waals surface area contributed by atoms with Gasteiger partial charge in [0.15, 0.2) is 11.6 Å². The maximum Gasteiger partial charge on any atom is 0.159 e. The molecule has 0 nitrogen and oxygen atoms in total. The van der Waals surface area contributed by atoms with Crippen molar-refractivity contribution in [2.45, 2.75) is 19.6 Å². The zero-order chi connectivity index (χ0) is 9.35. The van der Waals surface area contributed by atoms with Crippen molar-refractivity contribution in [3.63, 3.8) is 0 Å². The molecule has 0 aliphatic heterocycles. The molecule has 3 heteroatoms. The Hall–Kier alpha value is -0.703. The molecule has 0 spiro atoms. The van der Waals surface area contributed by atoms with E-state index in [1.807, 2.05) is 0 Å². The summed E-state index contributed by atoms with van der Waals surface area (Å²) in [4.78, 5) is 0. The number of benzene rings is 1. The highest BCUT2D eigenvalue weighted by molar-refractivity contribution is 6.88. The van der Waals surface area contributed by atoms with Crippen LogP contribution in [0.2, 0.25) is 19.6 Å². The zero-order valence-electron chi connectivity index (χ0n) is 7.41. The van der Waals surface area contributed by atoms with Crippen LogP contribution in [0.1, 0.15) is 0 Å². The van der Waals surface area contributed by atoms with Crippen molar-refractivity contribution >= 4 is 13.3 Å². The minimum atomic E-state index is -1.55. The molecule has 1 aromatic rings. The van der Waals surface area contributed by atoms with Crippen LogP contribution in [0.3, 0.4) is 0 Å². The fourth-order valence-electron chi connectivity index (χ4n) is 0.880. The minimum absolute atomic E-state index is 0.772. The van der Waals surface area contributed by atoms with Gasteiger partial charge in [0.05, 0.1) is 8.07 Å². The Bertz CT molecular complexity index is 289. The summed E-state index contributed by atoms with van der Waals surface area (Å²) in [6.07, 6.45) is 0. The van der Waals surface area contributed by atoms with Crippen molar-refractivity contribution in [1.29, 1.82) is 0 Å². The lowest BCUT2D eigenvalue weighted by atomic mass is 10.3. The van der Waals surface area contributed by atoms with Gasteiger partial charge in [-0.25, -0.2) is 8.78 Å². The molecule has 0 unspecified atom stereocenters. The monoisotopic (exact) mass is 185 g/mol. The van der Waals surface area contributed by atoms with Crippen LogP contribution in [0, 0.1) is 17.7 Å². The van der Waals surface area contributed by atoms with Crippen LogP contribution >= 0.6 is 0 Å². The summed E-state index contributed by atoms with van der Waals surface area (Å²) < 4.78 is 25.2. The number of hydrogen-bond donors (Lipinski definition) is 0. The van der Waals surface area contributed by atoms with Gasteiger partial charge in [0.2, 0.25) is 0 Å². The molecule has 0 N–H and O–H groups in total. The highest BCUT2D eigenvalue weighted by Crippen LogP contribution is 2.06. The summed E-state index contributed by atoms with van der Waals surface area (Å²) >= 11 is 0. The average Bonchev–Trinajstić information content (AvgIpc) is 1.92. The van der Waals surface area contributed by atoms with Crippen molar-refractivity contribution in [2.24, 2.45) is 0 Å². The molecule has 0 bridgehead atoms. The largest absolute Gasteiger partial charge is 0.204 e. The second kappa shape index (κ2) is 2.97. The molecule has 0 atom stereocenters. The topological polar surface area (TPSA) is 0 Å². The van der Waals surface area contributed by atoms with Crippen LogP contribution in [0.25, 0.3) is 0 Å². The SMILES string of the molecule is C[Si](C)(C)c1[c]cc(F)c(F)c1. The number of halogens is 2. The maximum absolute atomic E-state index is 12.7. The molecule has 1 aromatic carbocycles. The lowest BCUT2D eigenvalue weighted by Gasteiger charge is -2.15. The van der Waals surface area contributed by atoms with Crippen LogP contribution in [-0.2, 0) is 0 Å². The van der Waals surface area contributed by atoms with Crippen LogP contribution in [0.4, 0.5) is 8.78 Å². The van der Waals surface area contributed by atoms with E-state index in [0.29, 0.717) is 0 Å². The smallest absolute Gasteiger partial charge is 0.159 e. The summed E-state index contributed by atoms with van der Waals surface area (Å²) in [5.41, 5.74) is 0. The average molecular weight is 185 g/mol. The predicted molar refractivity (Wildman–Crippen MR) is 48.2 cm³/mol. The highest BCUT2D eigenvalue weighted by atomic mass is 28.3. The van der Waals surface area contributed by atoms with Gasteiger partial charge in [-0.3, -0.25) is 0 Å². The zero-order valence-corrected chi connectivity index (χ0v) is 8.41. The summed E-state index contributed by atoms with van der Waals surface area (Å²) in [5, 5.41) is 0.821. The quantitative estimate of drug-likeness (QED) is 0.589. The van der Waals surface area contributed by atoms with Gasteiger partial charge in [0, 0.05) is 0 Å². The molecule has 0 amide bonds. The molecule has 0 aliphatic rings. The van der Waals surface area contributed by atoms with Gasteiger partial charge in [-0.05, 0) is 23.4 Å². The minimum Gasteiger partial charge on any atom is -0.204 e. The molecular weight excluding hydrogens is 174 g/mol. The summed E-state index contributed by atoms with van der Waals surface area (Å²) in [7, 11) is -1.55. The summed E-state index contributed by atoms with van der Waals surface area (Å²) in [6.45, 7) is 6.20. The summed E-state index contributed by atoms with van der Waals surface area (Å²) in [6, 6.07) is 5.09. The van der Waals surface area contributed by atoms with Crippen LogP contribution in [0.15, 0.2) is 12.1 Å². The fourth-order valence-corrected chi connectivity index (χ4v) is 1.95. The number of hydrogen-bond acceptors (Lipinski definition) is 0. The van der Waals surface area contributed by atoms with Gasteiger partial charge in [-0.15, -0.1) is 0 Å². The van der Waals surface area contributed by atoms with Gasteiger partial charge in [0.1, 0.15) is 0 Å². The van der Waals surface area contributed by atoms with E-state index in [1.54, 1.807) is 0 Å². The Morgan fingerprint density at radius 1 is 1.17 bits per heavy atom. The molecular formula is C9H11F2Si. The van der Waals surface area contributed by atoms with E-state index in [4.69, 9.17) is 0 Å². The standard InChI is InChI=1S/C9H11F2Si/c1-12(2,3)7-4-5-8(10)9(11)6-7/h5-6H,1-3H3.